The molecule has 1 aliphatic heterocycles. The molecule has 0 spiro atoms. The summed E-state index contributed by atoms with van der Waals surface area (Å²) in [6.07, 6.45) is 0.571. The zero-order valence-corrected chi connectivity index (χ0v) is 14.4. The van der Waals surface area contributed by atoms with E-state index in [4.69, 9.17) is 4.74 Å². The summed E-state index contributed by atoms with van der Waals surface area (Å²) in [4.78, 5) is 12.3. The van der Waals surface area contributed by atoms with Crippen molar-refractivity contribution in [2.24, 2.45) is 5.92 Å². The van der Waals surface area contributed by atoms with Gasteiger partial charge < -0.3 is 15.4 Å². The number of nitrogens with one attached hydrogen (secondary N) is 2. The van der Waals surface area contributed by atoms with Crippen molar-refractivity contribution in [1.29, 1.82) is 0 Å². The maximum Gasteiger partial charge on any atom is 0.261 e. The van der Waals surface area contributed by atoms with Crippen molar-refractivity contribution in [3.05, 3.63) is 28.2 Å². The third-order valence-corrected chi connectivity index (χ3v) is 4.54. The average Bonchev–Trinajstić information content (AvgIpc) is 2.44. The molecule has 2 rings (SSSR count). The number of piperidine rings is 1. The standard InChI is InChI=1S/C16H23BrN2O2/c1-10-4-5-15(13(17)8-10)21-12(3)16(20)19-14-9-18-7-6-11(14)2/h4-5,8,11-12,14,18H,6-7,9H2,1-3H3,(H,19,20). The fourth-order valence-electron chi connectivity index (χ4n) is 2.43. The van der Waals surface area contributed by atoms with Crippen molar-refractivity contribution in [2.45, 2.75) is 39.3 Å². The molecular formula is C16H23BrN2O2. The van der Waals surface area contributed by atoms with E-state index in [0.29, 0.717) is 11.7 Å². The highest BCUT2D eigenvalue weighted by atomic mass is 79.9. The van der Waals surface area contributed by atoms with Gasteiger partial charge in [0, 0.05) is 12.6 Å². The maximum absolute atomic E-state index is 12.3. The molecule has 0 saturated carbocycles. The molecule has 0 aromatic heterocycles. The number of rotatable bonds is 4. The molecular weight excluding hydrogens is 332 g/mol. The Morgan fingerprint density at radius 3 is 2.95 bits per heavy atom. The highest BCUT2D eigenvalue weighted by Crippen LogP contribution is 2.26. The number of amides is 1. The molecule has 21 heavy (non-hydrogen) atoms. The smallest absolute Gasteiger partial charge is 0.261 e. The first kappa shape index (κ1) is 16.3. The molecule has 2 N–H and O–H groups in total. The minimum absolute atomic E-state index is 0.0666. The first-order valence-electron chi connectivity index (χ1n) is 7.41. The van der Waals surface area contributed by atoms with Crippen molar-refractivity contribution in [2.75, 3.05) is 13.1 Å². The van der Waals surface area contributed by atoms with Crippen molar-refractivity contribution in [3.8, 4) is 5.75 Å². The van der Waals surface area contributed by atoms with Gasteiger partial charge in [0.05, 0.1) is 4.47 Å². The second-order valence-corrected chi connectivity index (χ2v) is 6.63. The fourth-order valence-corrected chi connectivity index (χ4v) is 3.02. The van der Waals surface area contributed by atoms with Crippen LogP contribution in [-0.4, -0.2) is 31.1 Å². The molecule has 1 amide bonds. The van der Waals surface area contributed by atoms with Crippen LogP contribution in [0.25, 0.3) is 0 Å². The van der Waals surface area contributed by atoms with E-state index in [9.17, 15) is 4.79 Å². The normalized spacial score (nSPS) is 23.4. The Labute approximate surface area is 134 Å². The van der Waals surface area contributed by atoms with E-state index in [1.54, 1.807) is 6.92 Å². The van der Waals surface area contributed by atoms with Gasteiger partial charge in [0.25, 0.3) is 5.91 Å². The average molecular weight is 355 g/mol. The molecule has 0 bridgehead atoms. The minimum Gasteiger partial charge on any atom is -0.480 e. The lowest BCUT2D eigenvalue weighted by Gasteiger charge is -2.31. The van der Waals surface area contributed by atoms with Crippen molar-refractivity contribution in [3.63, 3.8) is 0 Å². The highest BCUT2D eigenvalue weighted by Gasteiger charge is 2.25. The number of benzene rings is 1. The van der Waals surface area contributed by atoms with Crippen LogP contribution in [0.4, 0.5) is 0 Å². The van der Waals surface area contributed by atoms with Gasteiger partial charge >= 0.3 is 0 Å². The first-order valence-corrected chi connectivity index (χ1v) is 8.20. The van der Waals surface area contributed by atoms with Gasteiger partial charge in [0.1, 0.15) is 5.75 Å². The van der Waals surface area contributed by atoms with Gasteiger partial charge in [-0.1, -0.05) is 13.0 Å². The van der Waals surface area contributed by atoms with Gasteiger partial charge in [-0.3, -0.25) is 4.79 Å². The Hall–Kier alpha value is -1.07. The van der Waals surface area contributed by atoms with E-state index in [0.717, 1.165) is 29.5 Å². The lowest BCUT2D eigenvalue weighted by Crippen LogP contribution is -2.52. The van der Waals surface area contributed by atoms with Crippen LogP contribution in [0.2, 0.25) is 0 Å². The van der Waals surface area contributed by atoms with Crippen LogP contribution < -0.4 is 15.4 Å². The summed E-state index contributed by atoms with van der Waals surface area (Å²) in [6.45, 7) is 7.82. The summed E-state index contributed by atoms with van der Waals surface area (Å²) in [5.74, 6) is 1.12. The number of hydrogen-bond acceptors (Lipinski definition) is 3. The molecule has 1 aromatic carbocycles. The summed E-state index contributed by atoms with van der Waals surface area (Å²) in [6, 6.07) is 6.01. The summed E-state index contributed by atoms with van der Waals surface area (Å²) in [5, 5.41) is 6.39. The molecule has 1 heterocycles. The SMILES string of the molecule is Cc1ccc(OC(C)C(=O)NC2CNCCC2C)c(Br)c1. The summed E-state index contributed by atoms with van der Waals surface area (Å²) < 4.78 is 6.63. The zero-order chi connectivity index (χ0) is 15.4. The van der Waals surface area contributed by atoms with Gasteiger partial charge in [-0.05, 0) is 66.4 Å². The van der Waals surface area contributed by atoms with E-state index < -0.39 is 6.10 Å². The van der Waals surface area contributed by atoms with E-state index in [-0.39, 0.29) is 11.9 Å². The van der Waals surface area contributed by atoms with E-state index in [2.05, 4.69) is 33.5 Å². The lowest BCUT2D eigenvalue weighted by molar-refractivity contribution is -0.128. The minimum atomic E-state index is -0.516. The van der Waals surface area contributed by atoms with Crippen LogP contribution in [-0.2, 0) is 4.79 Å². The zero-order valence-electron chi connectivity index (χ0n) is 12.8. The molecule has 0 aliphatic carbocycles. The van der Waals surface area contributed by atoms with Crippen LogP contribution >= 0.6 is 15.9 Å². The van der Waals surface area contributed by atoms with E-state index >= 15 is 0 Å². The lowest BCUT2D eigenvalue weighted by atomic mass is 9.95. The van der Waals surface area contributed by atoms with Gasteiger partial charge in [0.15, 0.2) is 6.10 Å². The Balaban J connectivity index is 1.92. The Kier molecular flexibility index (Phi) is 5.65. The maximum atomic E-state index is 12.3. The van der Waals surface area contributed by atoms with E-state index in [1.165, 1.54) is 0 Å². The molecule has 116 valence electrons. The molecule has 0 radical (unpaired) electrons. The van der Waals surface area contributed by atoms with Crippen LogP contribution in [0.15, 0.2) is 22.7 Å². The van der Waals surface area contributed by atoms with Crippen LogP contribution in [0.3, 0.4) is 0 Å². The molecule has 1 saturated heterocycles. The number of hydrogen-bond donors (Lipinski definition) is 2. The van der Waals surface area contributed by atoms with Gasteiger partial charge in [-0.15, -0.1) is 0 Å². The third-order valence-electron chi connectivity index (χ3n) is 3.92. The second kappa shape index (κ2) is 7.27. The third kappa shape index (κ3) is 4.45. The fraction of sp³-hybridized carbons (Fsp3) is 0.562. The van der Waals surface area contributed by atoms with Crippen LogP contribution in [0.5, 0.6) is 5.75 Å². The Bertz CT molecular complexity index is 507. The highest BCUT2D eigenvalue weighted by molar-refractivity contribution is 9.10. The molecule has 1 aliphatic rings. The first-order chi connectivity index (χ1) is 9.97. The van der Waals surface area contributed by atoms with Gasteiger partial charge in [-0.2, -0.15) is 0 Å². The number of carbonyl (C=O) groups excluding carboxylic acids is 1. The number of aryl methyl sites for hydroxylation is 1. The summed E-state index contributed by atoms with van der Waals surface area (Å²) >= 11 is 3.47. The van der Waals surface area contributed by atoms with Crippen molar-refractivity contribution >= 4 is 21.8 Å². The predicted octanol–water partition coefficient (Wildman–Crippen LogP) is 2.64. The number of halogens is 1. The molecule has 4 nitrogen and oxygen atoms in total. The van der Waals surface area contributed by atoms with Gasteiger partial charge in [0.2, 0.25) is 0 Å². The van der Waals surface area contributed by atoms with Crippen molar-refractivity contribution in [1.82, 2.24) is 10.6 Å². The topological polar surface area (TPSA) is 50.4 Å². The van der Waals surface area contributed by atoms with Gasteiger partial charge in [-0.25, -0.2) is 0 Å². The number of carbonyl (C=O) groups is 1. The largest absolute Gasteiger partial charge is 0.480 e. The molecule has 1 fully saturated rings. The van der Waals surface area contributed by atoms with Crippen molar-refractivity contribution < 1.29 is 9.53 Å². The monoisotopic (exact) mass is 354 g/mol. The summed E-state index contributed by atoms with van der Waals surface area (Å²) in [5.41, 5.74) is 1.15. The Morgan fingerprint density at radius 2 is 2.29 bits per heavy atom. The quantitative estimate of drug-likeness (QED) is 0.873. The van der Waals surface area contributed by atoms with Crippen LogP contribution in [0.1, 0.15) is 25.8 Å². The Morgan fingerprint density at radius 1 is 1.52 bits per heavy atom. The molecule has 1 aromatic rings. The second-order valence-electron chi connectivity index (χ2n) is 5.78. The molecule has 3 unspecified atom stereocenters. The summed E-state index contributed by atoms with van der Waals surface area (Å²) in [7, 11) is 0. The predicted molar refractivity (Wildman–Crippen MR) is 87.6 cm³/mol. The van der Waals surface area contributed by atoms with Crippen LogP contribution in [0, 0.1) is 12.8 Å². The molecule has 5 heteroatoms. The molecule has 3 atom stereocenters. The number of ether oxygens (including phenoxy) is 1. The van der Waals surface area contributed by atoms with E-state index in [1.807, 2.05) is 25.1 Å².